The predicted octanol–water partition coefficient (Wildman–Crippen LogP) is 2.07. The Bertz CT molecular complexity index is 156. The molecule has 1 aliphatic rings. The molecule has 1 heterocycles. The van der Waals surface area contributed by atoms with Gasteiger partial charge in [0, 0.05) is 19.3 Å². The lowest BCUT2D eigenvalue weighted by atomic mass is 9.95. The molecule has 0 radical (unpaired) electrons. The number of nitrogens with one attached hydrogen (secondary N) is 1. The second-order valence-corrected chi connectivity index (χ2v) is 5.15. The third kappa shape index (κ3) is 5.50. The largest absolute Gasteiger partial charge is 0.381 e. The van der Waals surface area contributed by atoms with Gasteiger partial charge in [0.05, 0.1) is 0 Å². The van der Waals surface area contributed by atoms with Crippen molar-refractivity contribution in [1.29, 1.82) is 0 Å². The van der Waals surface area contributed by atoms with Crippen molar-refractivity contribution in [3.8, 4) is 0 Å². The van der Waals surface area contributed by atoms with Crippen molar-refractivity contribution in [2.45, 2.75) is 52.0 Å². The van der Waals surface area contributed by atoms with Crippen molar-refractivity contribution in [1.82, 2.24) is 5.43 Å². The van der Waals surface area contributed by atoms with E-state index in [4.69, 9.17) is 10.6 Å². The van der Waals surface area contributed by atoms with Crippen molar-refractivity contribution >= 4 is 0 Å². The maximum absolute atomic E-state index is 5.58. The van der Waals surface area contributed by atoms with Crippen LogP contribution in [-0.2, 0) is 4.74 Å². The molecule has 2 unspecified atom stereocenters. The minimum absolute atomic E-state index is 0.482. The molecule has 0 bridgehead atoms. The summed E-state index contributed by atoms with van der Waals surface area (Å²) in [6, 6.07) is 0.482. The Balaban J connectivity index is 2.11. The van der Waals surface area contributed by atoms with E-state index >= 15 is 0 Å². The highest BCUT2D eigenvalue weighted by Gasteiger charge is 2.19. The molecule has 3 nitrogen and oxygen atoms in total. The van der Waals surface area contributed by atoms with Gasteiger partial charge in [-0.2, -0.15) is 0 Å². The molecule has 90 valence electrons. The van der Waals surface area contributed by atoms with E-state index in [1.807, 2.05) is 0 Å². The smallest absolute Gasteiger partial charge is 0.0495 e. The number of rotatable bonds is 7. The van der Waals surface area contributed by atoms with Crippen LogP contribution < -0.4 is 11.3 Å². The summed E-state index contributed by atoms with van der Waals surface area (Å²) in [7, 11) is 0. The Morgan fingerprint density at radius 3 is 2.73 bits per heavy atom. The van der Waals surface area contributed by atoms with E-state index in [9.17, 15) is 0 Å². The topological polar surface area (TPSA) is 47.3 Å². The number of hydrogen-bond donors (Lipinski definition) is 2. The molecule has 0 aromatic heterocycles. The fraction of sp³-hybridized carbons (Fsp3) is 1.00. The van der Waals surface area contributed by atoms with Crippen LogP contribution in [0.25, 0.3) is 0 Å². The molecule has 3 heteroatoms. The van der Waals surface area contributed by atoms with E-state index in [-0.39, 0.29) is 0 Å². The molecule has 0 amide bonds. The third-order valence-electron chi connectivity index (χ3n) is 3.21. The molecule has 0 spiro atoms. The monoisotopic (exact) mass is 214 g/mol. The number of nitrogens with two attached hydrogens (primary N) is 1. The quantitative estimate of drug-likeness (QED) is 0.504. The molecule has 0 aliphatic carbocycles. The van der Waals surface area contributed by atoms with E-state index in [0.29, 0.717) is 6.04 Å². The molecular formula is C12H26N2O. The first-order valence-corrected chi connectivity index (χ1v) is 6.26. The van der Waals surface area contributed by atoms with Gasteiger partial charge in [-0.3, -0.25) is 11.3 Å². The number of hydrazine groups is 1. The zero-order valence-electron chi connectivity index (χ0n) is 10.2. The SMILES string of the molecule is CC(C)CCCC(CC1CCOC1)NN. The Hall–Kier alpha value is -0.120. The first-order chi connectivity index (χ1) is 7.22. The standard InChI is InChI=1S/C12H26N2O/c1-10(2)4-3-5-12(14-13)8-11-6-7-15-9-11/h10-12,14H,3-9,13H2,1-2H3. The van der Waals surface area contributed by atoms with Crippen LogP contribution in [0.2, 0.25) is 0 Å². The first kappa shape index (κ1) is 12.9. The third-order valence-corrected chi connectivity index (χ3v) is 3.21. The van der Waals surface area contributed by atoms with E-state index < -0.39 is 0 Å². The average molecular weight is 214 g/mol. The maximum atomic E-state index is 5.58. The first-order valence-electron chi connectivity index (χ1n) is 6.26. The van der Waals surface area contributed by atoms with Gasteiger partial charge in [-0.25, -0.2) is 0 Å². The van der Waals surface area contributed by atoms with Gasteiger partial charge in [-0.1, -0.05) is 26.7 Å². The van der Waals surface area contributed by atoms with Gasteiger partial charge in [0.15, 0.2) is 0 Å². The van der Waals surface area contributed by atoms with Crippen LogP contribution in [0.4, 0.5) is 0 Å². The minimum Gasteiger partial charge on any atom is -0.381 e. The van der Waals surface area contributed by atoms with Crippen LogP contribution in [0, 0.1) is 11.8 Å². The molecule has 1 saturated heterocycles. The van der Waals surface area contributed by atoms with Crippen molar-refractivity contribution in [3.63, 3.8) is 0 Å². The summed E-state index contributed by atoms with van der Waals surface area (Å²) in [6.45, 7) is 6.42. The number of hydrogen-bond acceptors (Lipinski definition) is 3. The maximum Gasteiger partial charge on any atom is 0.0495 e. The van der Waals surface area contributed by atoms with Gasteiger partial charge in [-0.05, 0) is 31.1 Å². The fourth-order valence-corrected chi connectivity index (χ4v) is 2.21. The Labute approximate surface area is 93.7 Å². The fourth-order valence-electron chi connectivity index (χ4n) is 2.21. The zero-order valence-corrected chi connectivity index (χ0v) is 10.2. The molecule has 15 heavy (non-hydrogen) atoms. The minimum atomic E-state index is 0.482. The van der Waals surface area contributed by atoms with Crippen LogP contribution in [0.1, 0.15) is 46.0 Å². The van der Waals surface area contributed by atoms with Crippen LogP contribution in [0.5, 0.6) is 0 Å². The van der Waals surface area contributed by atoms with Crippen molar-refractivity contribution in [2.24, 2.45) is 17.7 Å². The lowest BCUT2D eigenvalue weighted by Gasteiger charge is -2.19. The lowest BCUT2D eigenvalue weighted by Crippen LogP contribution is -2.36. The molecule has 3 N–H and O–H groups in total. The Morgan fingerprint density at radius 1 is 1.40 bits per heavy atom. The second-order valence-electron chi connectivity index (χ2n) is 5.15. The summed E-state index contributed by atoms with van der Waals surface area (Å²) < 4.78 is 5.38. The van der Waals surface area contributed by atoms with E-state index in [1.54, 1.807) is 0 Å². The molecule has 0 aromatic rings. The molecule has 0 saturated carbocycles. The van der Waals surface area contributed by atoms with Crippen molar-refractivity contribution in [2.75, 3.05) is 13.2 Å². The van der Waals surface area contributed by atoms with E-state index in [2.05, 4.69) is 19.3 Å². The van der Waals surface area contributed by atoms with E-state index in [0.717, 1.165) is 25.0 Å². The Morgan fingerprint density at radius 2 is 2.20 bits per heavy atom. The van der Waals surface area contributed by atoms with Gasteiger partial charge in [-0.15, -0.1) is 0 Å². The van der Waals surface area contributed by atoms with Gasteiger partial charge in [0.25, 0.3) is 0 Å². The predicted molar refractivity (Wildman–Crippen MR) is 63.3 cm³/mol. The summed E-state index contributed by atoms with van der Waals surface area (Å²) >= 11 is 0. The highest BCUT2D eigenvalue weighted by molar-refractivity contribution is 4.73. The Kier molecular flexibility index (Phi) is 6.22. The molecule has 1 fully saturated rings. The molecule has 2 atom stereocenters. The van der Waals surface area contributed by atoms with Crippen LogP contribution >= 0.6 is 0 Å². The zero-order chi connectivity index (χ0) is 11.1. The highest BCUT2D eigenvalue weighted by atomic mass is 16.5. The summed E-state index contributed by atoms with van der Waals surface area (Å²) in [6.07, 6.45) is 6.17. The lowest BCUT2D eigenvalue weighted by molar-refractivity contribution is 0.180. The van der Waals surface area contributed by atoms with Gasteiger partial charge < -0.3 is 4.74 Å². The summed E-state index contributed by atoms with van der Waals surface area (Å²) in [4.78, 5) is 0. The molecular weight excluding hydrogens is 188 g/mol. The molecule has 0 aromatic carbocycles. The normalized spacial score (nSPS) is 23.6. The van der Waals surface area contributed by atoms with Crippen LogP contribution in [0.3, 0.4) is 0 Å². The summed E-state index contributed by atoms with van der Waals surface area (Å²) in [5, 5.41) is 0. The van der Waals surface area contributed by atoms with Gasteiger partial charge in [0.1, 0.15) is 0 Å². The summed E-state index contributed by atoms with van der Waals surface area (Å²) in [5.41, 5.74) is 2.95. The van der Waals surface area contributed by atoms with Crippen LogP contribution in [0.15, 0.2) is 0 Å². The molecule has 1 aliphatic heterocycles. The summed E-state index contributed by atoms with van der Waals surface area (Å²) in [5.74, 6) is 7.11. The highest BCUT2D eigenvalue weighted by Crippen LogP contribution is 2.20. The van der Waals surface area contributed by atoms with Crippen LogP contribution in [-0.4, -0.2) is 19.3 Å². The van der Waals surface area contributed by atoms with Gasteiger partial charge in [0.2, 0.25) is 0 Å². The average Bonchev–Trinajstić information content (AvgIpc) is 2.68. The number of ether oxygens (including phenoxy) is 1. The van der Waals surface area contributed by atoms with Gasteiger partial charge >= 0.3 is 0 Å². The van der Waals surface area contributed by atoms with Crippen molar-refractivity contribution < 1.29 is 4.74 Å². The van der Waals surface area contributed by atoms with Crippen molar-refractivity contribution in [3.05, 3.63) is 0 Å². The second kappa shape index (κ2) is 7.20. The molecule has 1 rings (SSSR count). The van der Waals surface area contributed by atoms with E-state index in [1.165, 1.54) is 32.1 Å².